The Bertz CT molecular complexity index is 663. The van der Waals surface area contributed by atoms with Crippen LogP contribution in [0.1, 0.15) is 6.42 Å². The highest BCUT2D eigenvalue weighted by Gasteiger charge is 2.10. The maximum atomic E-state index is 11.5. The zero-order valence-corrected chi connectivity index (χ0v) is 12.2. The van der Waals surface area contributed by atoms with Gasteiger partial charge in [0.05, 0.1) is 30.9 Å². The van der Waals surface area contributed by atoms with E-state index in [0.717, 1.165) is 5.52 Å². The summed E-state index contributed by atoms with van der Waals surface area (Å²) >= 11 is 0. The SMILES string of the molecule is COC(=O)CCn1cnc2cc(OC(=O)N(C)C)ccc21. The first-order chi connectivity index (χ1) is 10.0. The molecule has 1 aromatic carbocycles. The Kier molecular flexibility index (Phi) is 4.42. The van der Waals surface area contributed by atoms with Crippen LogP contribution in [0.3, 0.4) is 0 Å². The van der Waals surface area contributed by atoms with Crippen LogP contribution in [-0.2, 0) is 16.1 Å². The number of methoxy groups -OCH3 is 1. The van der Waals surface area contributed by atoms with Crippen molar-refractivity contribution in [2.45, 2.75) is 13.0 Å². The van der Waals surface area contributed by atoms with Crippen LogP contribution in [-0.4, -0.2) is 47.7 Å². The smallest absolute Gasteiger partial charge is 0.414 e. The number of benzene rings is 1. The van der Waals surface area contributed by atoms with Crippen LogP contribution in [0.25, 0.3) is 11.0 Å². The molecule has 112 valence electrons. The van der Waals surface area contributed by atoms with Gasteiger partial charge in [-0.15, -0.1) is 0 Å². The lowest BCUT2D eigenvalue weighted by molar-refractivity contribution is -0.140. The van der Waals surface area contributed by atoms with Crippen molar-refractivity contribution in [1.29, 1.82) is 0 Å². The normalized spacial score (nSPS) is 10.4. The number of rotatable bonds is 4. The molecule has 21 heavy (non-hydrogen) atoms. The lowest BCUT2D eigenvalue weighted by Crippen LogP contribution is -2.25. The minimum atomic E-state index is -0.445. The molecule has 0 bridgehead atoms. The quantitative estimate of drug-likeness (QED) is 0.801. The second kappa shape index (κ2) is 6.25. The first-order valence-corrected chi connectivity index (χ1v) is 6.42. The van der Waals surface area contributed by atoms with E-state index in [2.05, 4.69) is 9.72 Å². The summed E-state index contributed by atoms with van der Waals surface area (Å²) in [5.41, 5.74) is 1.56. The molecule has 2 aromatic rings. The largest absolute Gasteiger partial charge is 0.469 e. The van der Waals surface area contributed by atoms with Crippen LogP contribution in [0.2, 0.25) is 0 Å². The van der Waals surface area contributed by atoms with E-state index < -0.39 is 6.09 Å². The first kappa shape index (κ1) is 14.8. The van der Waals surface area contributed by atoms with Gasteiger partial charge in [-0.1, -0.05) is 0 Å². The summed E-state index contributed by atoms with van der Waals surface area (Å²) in [6, 6.07) is 5.18. The van der Waals surface area contributed by atoms with E-state index in [1.54, 1.807) is 38.6 Å². The third-order valence-corrected chi connectivity index (χ3v) is 2.95. The third-order valence-electron chi connectivity index (χ3n) is 2.95. The van der Waals surface area contributed by atoms with Crippen molar-refractivity contribution in [2.75, 3.05) is 21.2 Å². The molecule has 0 aliphatic carbocycles. The zero-order valence-electron chi connectivity index (χ0n) is 12.2. The molecule has 7 heteroatoms. The molecule has 0 unspecified atom stereocenters. The number of aryl methyl sites for hydroxylation is 1. The number of nitrogens with zero attached hydrogens (tertiary/aromatic N) is 3. The molecule has 0 saturated carbocycles. The average Bonchev–Trinajstić information content (AvgIpc) is 2.86. The van der Waals surface area contributed by atoms with E-state index in [9.17, 15) is 9.59 Å². The summed E-state index contributed by atoms with van der Waals surface area (Å²) in [5, 5.41) is 0. The number of carbonyl (C=O) groups excluding carboxylic acids is 2. The number of hydrogen-bond acceptors (Lipinski definition) is 5. The van der Waals surface area contributed by atoms with Crippen molar-refractivity contribution in [3.05, 3.63) is 24.5 Å². The van der Waals surface area contributed by atoms with Crippen LogP contribution in [0.5, 0.6) is 5.75 Å². The minimum absolute atomic E-state index is 0.270. The van der Waals surface area contributed by atoms with Crippen LogP contribution < -0.4 is 4.74 Å². The molecule has 1 amide bonds. The van der Waals surface area contributed by atoms with Gasteiger partial charge in [0.2, 0.25) is 0 Å². The summed E-state index contributed by atoms with van der Waals surface area (Å²) in [4.78, 5) is 28.2. The standard InChI is InChI=1S/C14H17N3O4/c1-16(2)14(19)21-10-4-5-12-11(8-10)15-9-17(12)7-6-13(18)20-3/h4-5,8-9H,6-7H2,1-3H3. The number of ether oxygens (including phenoxy) is 2. The van der Waals surface area contributed by atoms with Gasteiger partial charge >= 0.3 is 12.1 Å². The van der Waals surface area contributed by atoms with E-state index in [1.807, 2.05) is 4.57 Å². The fraction of sp³-hybridized carbons (Fsp3) is 0.357. The predicted molar refractivity (Wildman–Crippen MR) is 76.1 cm³/mol. The van der Waals surface area contributed by atoms with Crippen molar-refractivity contribution in [2.24, 2.45) is 0 Å². The van der Waals surface area contributed by atoms with Crippen molar-refractivity contribution >= 4 is 23.1 Å². The van der Waals surface area contributed by atoms with Crippen molar-refractivity contribution in [1.82, 2.24) is 14.5 Å². The van der Waals surface area contributed by atoms with E-state index in [-0.39, 0.29) is 12.4 Å². The van der Waals surface area contributed by atoms with Crippen LogP contribution in [0, 0.1) is 0 Å². The van der Waals surface area contributed by atoms with Crippen molar-refractivity contribution in [3.63, 3.8) is 0 Å². The van der Waals surface area contributed by atoms with Crippen LogP contribution in [0.15, 0.2) is 24.5 Å². The van der Waals surface area contributed by atoms with E-state index in [1.165, 1.54) is 12.0 Å². The van der Waals surface area contributed by atoms with E-state index >= 15 is 0 Å². The summed E-state index contributed by atoms with van der Waals surface area (Å²) in [6.45, 7) is 0.486. The Hall–Kier alpha value is -2.57. The molecule has 0 aliphatic rings. The highest BCUT2D eigenvalue weighted by molar-refractivity contribution is 5.79. The Balaban J connectivity index is 2.15. The second-order valence-corrected chi connectivity index (χ2v) is 4.68. The maximum Gasteiger partial charge on any atom is 0.414 e. The molecule has 1 heterocycles. The minimum Gasteiger partial charge on any atom is -0.469 e. The molecular formula is C14H17N3O4. The van der Waals surface area contributed by atoms with Gasteiger partial charge in [-0.3, -0.25) is 4.79 Å². The molecular weight excluding hydrogens is 274 g/mol. The lowest BCUT2D eigenvalue weighted by Gasteiger charge is -2.10. The fourth-order valence-corrected chi connectivity index (χ4v) is 1.79. The summed E-state index contributed by atoms with van der Waals surface area (Å²) in [7, 11) is 4.59. The summed E-state index contributed by atoms with van der Waals surface area (Å²) in [6.07, 6.45) is 1.48. The summed E-state index contributed by atoms with van der Waals surface area (Å²) < 4.78 is 11.6. The number of aromatic nitrogens is 2. The monoisotopic (exact) mass is 291 g/mol. The predicted octanol–water partition coefficient (Wildman–Crippen LogP) is 1.66. The van der Waals surface area contributed by atoms with E-state index in [4.69, 9.17) is 4.74 Å². The summed E-state index contributed by atoms with van der Waals surface area (Å²) in [5.74, 6) is 0.160. The van der Waals surface area contributed by atoms with Gasteiger partial charge in [-0.05, 0) is 12.1 Å². The second-order valence-electron chi connectivity index (χ2n) is 4.68. The number of esters is 1. The topological polar surface area (TPSA) is 73.7 Å². The zero-order chi connectivity index (χ0) is 15.4. The molecule has 0 spiro atoms. The number of carbonyl (C=O) groups is 2. The lowest BCUT2D eigenvalue weighted by atomic mass is 10.3. The number of imidazole rings is 1. The van der Waals surface area contributed by atoms with Gasteiger partial charge in [0, 0.05) is 26.7 Å². The number of hydrogen-bond donors (Lipinski definition) is 0. The van der Waals surface area contributed by atoms with Gasteiger partial charge in [-0.25, -0.2) is 9.78 Å². The number of fused-ring (bicyclic) bond motifs is 1. The van der Waals surface area contributed by atoms with Gasteiger partial charge in [0.15, 0.2) is 0 Å². The highest BCUT2D eigenvalue weighted by atomic mass is 16.6. The Morgan fingerprint density at radius 3 is 2.76 bits per heavy atom. The van der Waals surface area contributed by atoms with Crippen LogP contribution in [0.4, 0.5) is 4.79 Å². The molecule has 0 fully saturated rings. The molecule has 0 radical (unpaired) electrons. The Morgan fingerprint density at radius 2 is 2.10 bits per heavy atom. The molecule has 0 N–H and O–H groups in total. The van der Waals surface area contributed by atoms with Gasteiger partial charge < -0.3 is 18.9 Å². The Labute approximate surface area is 122 Å². The van der Waals surface area contributed by atoms with Crippen molar-refractivity contribution in [3.8, 4) is 5.75 Å². The molecule has 0 saturated heterocycles. The first-order valence-electron chi connectivity index (χ1n) is 6.42. The number of amides is 1. The van der Waals surface area contributed by atoms with Crippen LogP contribution >= 0.6 is 0 Å². The molecule has 0 atom stereocenters. The molecule has 0 aliphatic heterocycles. The van der Waals surface area contributed by atoms with Gasteiger partial charge in [0.1, 0.15) is 5.75 Å². The molecule has 1 aromatic heterocycles. The van der Waals surface area contributed by atoms with Gasteiger partial charge in [-0.2, -0.15) is 0 Å². The van der Waals surface area contributed by atoms with Gasteiger partial charge in [0.25, 0.3) is 0 Å². The highest BCUT2D eigenvalue weighted by Crippen LogP contribution is 2.20. The fourth-order valence-electron chi connectivity index (χ4n) is 1.79. The van der Waals surface area contributed by atoms with E-state index in [0.29, 0.717) is 17.8 Å². The third kappa shape index (κ3) is 3.50. The Morgan fingerprint density at radius 1 is 1.33 bits per heavy atom. The average molecular weight is 291 g/mol. The molecule has 7 nitrogen and oxygen atoms in total. The maximum absolute atomic E-state index is 11.5. The molecule has 2 rings (SSSR count). The van der Waals surface area contributed by atoms with Crippen molar-refractivity contribution < 1.29 is 19.1 Å².